The van der Waals surface area contributed by atoms with Crippen LogP contribution in [0.3, 0.4) is 0 Å². The number of benzene rings is 1. The Kier molecular flexibility index (Phi) is 2.55. The normalized spacial score (nSPS) is 9.90. The highest BCUT2D eigenvalue weighted by Gasteiger charge is 2.00. The molecule has 0 aromatic heterocycles. The van der Waals surface area contributed by atoms with E-state index in [9.17, 15) is 0 Å². The van der Waals surface area contributed by atoms with Crippen molar-refractivity contribution in [3.8, 4) is 0 Å². The van der Waals surface area contributed by atoms with Crippen LogP contribution in [0.1, 0.15) is 5.56 Å². The second-order valence-electron chi connectivity index (χ2n) is 1.82. The molecule has 0 aliphatic rings. The van der Waals surface area contributed by atoms with Crippen molar-refractivity contribution in [2.75, 3.05) is 0 Å². The summed E-state index contributed by atoms with van der Waals surface area (Å²) in [5.74, 6) is 0. The minimum Gasteiger partial charge on any atom is -0.326 e. The van der Waals surface area contributed by atoms with Gasteiger partial charge in [0, 0.05) is 6.54 Å². The van der Waals surface area contributed by atoms with Crippen molar-refractivity contribution in [3.05, 3.63) is 33.8 Å². The zero-order chi connectivity index (χ0) is 7.56. The highest BCUT2D eigenvalue weighted by Crippen LogP contribution is 2.24. The van der Waals surface area contributed by atoms with Crippen LogP contribution in [-0.4, -0.2) is 0 Å². The Balaban J connectivity index is 3.14. The van der Waals surface area contributed by atoms with E-state index >= 15 is 0 Å². The van der Waals surface area contributed by atoms with Gasteiger partial charge in [-0.15, -0.1) is 0 Å². The zero-order valence-electron chi connectivity index (χ0n) is 5.20. The fourth-order valence-corrected chi connectivity index (χ4v) is 1.02. The highest BCUT2D eigenvalue weighted by molar-refractivity contribution is 6.42. The largest absolute Gasteiger partial charge is 0.326 e. The van der Waals surface area contributed by atoms with Crippen LogP contribution in [0.15, 0.2) is 12.1 Å². The fraction of sp³-hybridized carbons (Fsp3) is 0.143. The van der Waals surface area contributed by atoms with E-state index < -0.39 is 0 Å². The van der Waals surface area contributed by atoms with Gasteiger partial charge in [0.2, 0.25) is 0 Å². The number of hydrogen-bond donors (Lipinski definition) is 1. The molecule has 0 unspecified atom stereocenters. The van der Waals surface area contributed by atoms with Crippen LogP contribution in [0.25, 0.3) is 0 Å². The first-order valence-corrected chi connectivity index (χ1v) is 3.56. The molecule has 0 aliphatic heterocycles. The summed E-state index contributed by atoms with van der Waals surface area (Å²) in [6.07, 6.45) is 0. The van der Waals surface area contributed by atoms with Crippen LogP contribution in [0.2, 0.25) is 10.0 Å². The lowest BCUT2D eigenvalue weighted by atomic mass is 10.2. The van der Waals surface area contributed by atoms with Gasteiger partial charge in [-0.3, -0.25) is 0 Å². The molecule has 53 valence electrons. The Bertz CT molecular complexity index is 235. The maximum atomic E-state index is 5.75. The lowest BCUT2D eigenvalue weighted by Crippen LogP contribution is -1.96. The first kappa shape index (κ1) is 7.86. The molecule has 1 aromatic carbocycles. The van der Waals surface area contributed by atoms with E-state index in [-0.39, 0.29) is 0 Å². The van der Waals surface area contributed by atoms with Gasteiger partial charge in [-0.1, -0.05) is 29.3 Å². The lowest BCUT2D eigenvalue weighted by Gasteiger charge is -1.99. The number of nitrogens with two attached hydrogens (primary N) is 1. The molecule has 1 radical (unpaired) electrons. The molecule has 1 nitrogen and oxygen atoms in total. The first-order valence-electron chi connectivity index (χ1n) is 2.80. The van der Waals surface area contributed by atoms with E-state index in [4.69, 9.17) is 28.9 Å². The van der Waals surface area contributed by atoms with Crippen molar-refractivity contribution in [1.29, 1.82) is 0 Å². The summed E-state index contributed by atoms with van der Waals surface area (Å²) in [7, 11) is 0. The molecule has 0 amide bonds. The first-order chi connectivity index (χ1) is 4.75. The third kappa shape index (κ3) is 1.43. The lowest BCUT2D eigenvalue weighted by molar-refractivity contribution is 1.07. The molecule has 0 bridgehead atoms. The van der Waals surface area contributed by atoms with Crippen molar-refractivity contribution in [3.63, 3.8) is 0 Å². The van der Waals surface area contributed by atoms with Crippen LogP contribution in [-0.2, 0) is 6.54 Å². The summed E-state index contributed by atoms with van der Waals surface area (Å²) in [5.41, 5.74) is 6.10. The van der Waals surface area contributed by atoms with Crippen molar-refractivity contribution >= 4 is 23.2 Å². The smallest absolute Gasteiger partial charge is 0.0643 e. The molecule has 10 heavy (non-hydrogen) atoms. The van der Waals surface area contributed by atoms with Crippen LogP contribution in [0.4, 0.5) is 0 Å². The van der Waals surface area contributed by atoms with E-state index in [0.717, 1.165) is 5.56 Å². The van der Waals surface area contributed by atoms with Gasteiger partial charge in [-0.25, -0.2) is 0 Å². The number of halogens is 2. The molecule has 0 aliphatic carbocycles. The molecular weight excluding hydrogens is 169 g/mol. The van der Waals surface area contributed by atoms with Gasteiger partial charge in [0.15, 0.2) is 0 Å². The molecule has 0 heterocycles. The van der Waals surface area contributed by atoms with Gasteiger partial charge < -0.3 is 5.73 Å². The third-order valence-corrected chi connectivity index (χ3v) is 2.01. The van der Waals surface area contributed by atoms with Crippen LogP contribution in [0.5, 0.6) is 0 Å². The maximum Gasteiger partial charge on any atom is 0.0643 e. The molecule has 1 aromatic rings. The summed E-state index contributed by atoms with van der Waals surface area (Å²) < 4.78 is 0. The fourth-order valence-electron chi connectivity index (χ4n) is 0.645. The van der Waals surface area contributed by atoms with Gasteiger partial charge in [0.1, 0.15) is 0 Å². The Morgan fingerprint density at radius 1 is 1.50 bits per heavy atom. The van der Waals surface area contributed by atoms with Gasteiger partial charge in [0.05, 0.1) is 10.0 Å². The zero-order valence-corrected chi connectivity index (χ0v) is 6.71. The highest BCUT2D eigenvalue weighted by atomic mass is 35.5. The van der Waals surface area contributed by atoms with E-state index in [2.05, 4.69) is 6.07 Å². The summed E-state index contributed by atoms with van der Waals surface area (Å²) in [6.45, 7) is 0.374. The monoisotopic (exact) mass is 174 g/mol. The standard InChI is InChI=1S/C7H6Cl2N/c8-6-3-1-2-5(4-10)7(6)9/h1,3H,4,10H2. The van der Waals surface area contributed by atoms with Crippen LogP contribution < -0.4 is 5.73 Å². The topological polar surface area (TPSA) is 26.0 Å². The van der Waals surface area contributed by atoms with Crippen molar-refractivity contribution in [1.82, 2.24) is 0 Å². The minimum atomic E-state index is 0.374. The van der Waals surface area contributed by atoms with Crippen LogP contribution in [0, 0.1) is 6.07 Å². The van der Waals surface area contributed by atoms with Gasteiger partial charge in [-0.05, 0) is 17.7 Å². The summed E-state index contributed by atoms with van der Waals surface area (Å²) >= 11 is 11.4. The maximum absolute atomic E-state index is 5.75. The Morgan fingerprint density at radius 2 is 2.20 bits per heavy atom. The third-order valence-electron chi connectivity index (χ3n) is 1.17. The second kappa shape index (κ2) is 3.24. The van der Waals surface area contributed by atoms with Crippen LogP contribution >= 0.6 is 23.2 Å². The summed E-state index contributed by atoms with van der Waals surface area (Å²) in [5, 5.41) is 1.03. The average Bonchev–Trinajstić information content (AvgIpc) is 1.95. The predicted molar refractivity (Wildman–Crippen MR) is 43.2 cm³/mol. The molecule has 0 fully saturated rings. The summed E-state index contributed by atoms with van der Waals surface area (Å²) in [4.78, 5) is 0. The quantitative estimate of drug-likeness (QED) is 0.695. The van der Waals surface area contributed by atoms with Crippen molar-refractivity contribution in [2.45, 2.75) is 6.54 Å². The molecule has 0 spiro atoms. The molecule has 2 N–H and O–H groups in total. The Hall–Kier alpha value is -0.240. The van der Waals surface area contributed by atoms with E-state index in [1.54, 1.807) is 12.1 Å². The van der Waals surface area contributed by atoms with Gasteiger partial charge in [0.25, 0.3) is 0 Å². The Labute approximate surface area is 69.7 Å². The molecule has 3 heteroatoms. The molecule has 1 rings (SSSR count). The molecular formula is C7H6Cl2N. The minimum absolute atomic E-state index is 0.374. The number of hydrogen-bond acceptors (Lipinski definition) is 1. The average molecular weight is 175 g/mol. The molecule has 0 atom stereocenters. The SMILES string of the molecule is NCc1[c]ccc(Cl)c1Cl. The van der Waals surface area contributed by atoms with Crippen molar-refractivity contribution < 1.29 is 0 Å². The summed E-state index contributed by atoms with van der Waals surface area (Å²) in [6, 6.07) is 6.27. The van der Waals surface area contributed by atoms with E-state index in [1.807, 2.05) is 0 Å². The second-order valence-corrected chi connectivity index (χ2v) is 2.61. The van der Waals surface area contributed by atoms with Gasteiger partial charge >= 0.3 is 0 Å². The van der Waals surface area contributed by atoms with E-state index in [0.29, 0.717) is 16.6 Å². The van der Waals surface area contributed by atoms with Crippen molar-refractivity contribution in [2.24, 2.45) is 5.73 Å². The number of rotatable bonds is 1. The van der Waals surface area contributed by atoms with Gasteiger partial charge in [-0.2, -0.15) is 0 Å². The molecule has 0 saturated carbocycles. The molecule has 0 saturated heterocycles. The predicted octanol–water partition coefficient (Wildman–Crippen LogP) is 2.25. The van der Waals surface area contributed by atoms with E-state index in [1.165, 1.54) is 0 Å². The Morgan fingerprint density at radius 3 is 2.70 bits per heavy atom.